The molecule has 48 heavy (non-hydrogen) atoms. The number of amides is 4. The first-order chi connectivity index (χ1) is 23.0. The van der Waals surface area contributed by atoms with Gasteiger partial charge in [0.2, 0.25) is 34.8 Å². The molecule has 4 amide bonds. The van der Waals surface area contributed by atoms with Gasteiger partial charge in [0, 0.05) is 27.6 Å². The summed E-state index contributed by atoms with van der Waals surface area (Å²) < 4.78 is 77.3. The van der Waals surface area contributed by atoms with Crippen LogP contribution in [-0.2, 0) is 0 Å². The molecule has 14 heteroatoms. The first-order valence-electron chi connectivity index (χ1n) is 13.6. The Morgan fingerprint density at radius 2 is 1.10 bits per heavy atom. The van der Waals surface area contributed by atoms with Gasteiger partial charge in [-0.2, -0.15) is 14.0 Å². The number of ether oxygens (including phenoxy) is 1. The summed E-state index contributed by atoms with van der Waals surface area (Å²) in [5.74, 6) is -18.7. The van der Waals surface area contributed by atoms with E-state index in [9.17, 15) is 41.1 Å². The maximum absolute atomic E-state index is 14.9. The van der Waals surface area contributed by atoms with Crippen molar-refractivity contribution >= 4 is 51.5 Å². The van der Waals surface area contributed by atoms with Crippen LogP contribution < -0.4 is 14.5 Å². The van der Waals surface area contributed by atoms with Crippen molar-refractivity contribution in [2.75, 3.05) is 9.80 Å². The summed E-state index contributed by atoms with van der Waals surface area (Å²) in [4.78, 5) is 60.3. The van der Waals surface area contributed by atoms with Crippen LogP contribution in [0.15, 0.2) is 66.7 Å². The molecule has 0 atom stereocenters. The summed E-state index contributed by atoms with van der Waals surface area (Å²) >= 11 is 0. The molecule has 2 aliphatic heterocycles. The van der Waals surface area contributed by atoms with Crippen molar-refractivity contribution in [2.45, 2.75) is 0 Å². The first kappa shape index (κ1) is 29.8. The molecule has 5 aromatic carbocycles. The number of benzene rings is 5. The summed E-state index contributed by atoms with van der Waals surface area (Å²) in [6.07, 6.45) is 0. The lowest BCUT2D eigenvalue weighted by Crippen LogP contribution is -2.43. The van der Waals surface area contributed by atoms with Crippen LogP contribution in [-0.4, -0.2) is 23.6 Å². The highest BCUT2D eigenvalue weighted by Gasteiger charge is 2.43. The Kier molecular flexibility index (Phi) is 6.55. The van der Waals surface area contributed by atoms with Crippen LogP contribution in [0.5, 0.6) is 11.5 Å². The molecule has 2 heterocycles. The largest absolute Gasteiger partial charge is 0.450 e. The summed E-state index contributed by atoms with van der Waals surface area (Å²) in [5.41, 5.74) is -1.17. The molecule has 0 radical (unpaired) electrons. The van der Waals surface area contributed by atoms with E-state index >= 15 is 0 Å². The van der Waals surface area contributed by atoms with E-state index in [4.69, 9.17) is 16.6 Å². The van der Waals surface area contributed by atoms with Crippen molar-refractivity contribution in [2.24, 2.45) is 0 Å². The molecule has 0 saturated carbocycles. The lowest BCUT2D eigenvalue weighted by atomic mass is 9.85. The quantitative estimate of drug-likeness (QED) is 0.0661. The summed E-state index contributed by atoms with van der Waals surface area (Å²) in [7, 11) is 0. The second-order valence-electron chi connectivity index (χ2n) is 10.4. The average molecular weight is 650 g/mol. The van der Waals surface area contributed by atoms with E-state index in [2.05, 4.69) is 4.85 Å². The highest BCUT2D eigenvalue weighted by atomic mass is 19.2. The van der Waals surface area contributed by atoms with E-state index in [1.807, 2.05) is 6.07 Å². The molecule has 2 aliphatic rings. The van der Waals surface area contributed by atoms with Gasteiger partial charge in [-0.25, -0.2) is 27.8 Å². The summed E-state index contributed by atoms with van der Waals surface area (Å²) in [6.45, 7) is 7.16. The third-order valence-corrected chi connectivity index (χ3v) is 7.84. The van der Waals surface area contributed by atoms with Crippen molar-refractivity contribution in [3.8, 4) is 17.6 Å². The number of hydrogen-bond donors (Lipinski definition) is 0. The Balaban J connectivity index is 1.52. The van der Waals surface area contributed by atoms with Gasteiger partial charge in [0.1, 0.15) is 5.75 Å². The highest BCUT2D eigenvalue weighted by molar-refractivity contribution is 6.42. The number of nitriles is 1. The lowest BCUT2D eigenvalue weighted by Gasteiger charge is -2.33. The third-order valence-electron chi connectivity index (χ3n) is 7.84. The molecule has 0 bridgehead atoms. The number of nitrogens with zero attached hydrogens (tertiary/aromatic N) is 4. The number of halogens is 5. The fraction of sp³-hybridized carbons (Fsp3) is 0. The van der Waals surface area contributed by atoms with Crippen molar-refractivity contribution in [3.63, 3.8) is 0 Å². The molecule has 0 aliphatic carbocycles. The Labute approximate surface area is 265 Å². The first-order valence-corrected chi connectivity index (χ1v) is 13.6. The number of imide groups is 2. The van der Waals surface area contributed by atoms with E-state index in [0.29, 0.717) is 9.80 Å². The highest BCUT2D eigenvalue weighted by Crippen LogP contribution is 2.46. The van der Waals surface area contributed by atoms with Gasteiger partial charge in [0.25, 0.3) is 23.6 Å². The fourth-order valence-electron chi connectivity index (χ4n) is 5.63. The molecular formula is C34H11F5N4O5. The Bertz CT molecular complexity index is 2400. The topological polar surface area (TPSA) is 112 Å². The van der Waals surface area contributed by atoms with Crippen LogP contribution in [0, 0.1) is 47.0 Å². The number of anilines is 2. The molecule has 232 valence electrons. The van der Waals surface area contributed by atoms with Gasteiger partial charge in [-0.05, 0) is 54.6 Å². The van der Waals surface area contributed by atoms with Crippen molar-refractivity contribution < 1.29 is 45.9 Å². The van der Waals surface area contributed by atoms with Crippen LogP contribution in [0.1, 0.15) is 47.0 Å². The molecule has 0 N–H and O–H groups in total. The van der Waals surface area contributed by atoms with Crippen molar-refractivity contribution in [1.29, 1.82) is 5.26 Å². The van der Waals surface area contributed by atoms with Crippen molar-refractivity contribution in [3.05, 3.63) is 135 Å². The molecule has 9 nitrogen and oxygen atoms in total. The third kappa shape index (κ3) is 4.06. The van der Waals surface area contributed by atoms with Crippen LogP contribution in [0.3, 0.4) is 0 Å². The number of rotatable bonds is 4. The molecule has 0 spiro atoms. The van der Waals surface area contributed by atoms with E-state index < -0.39 is 75.3 Å². The van der Waals surface area contributed by atoms with Crippen LogP contribution in [0.25, 0.3) is 15.6 Å². The second-order valence-corrected chi connectivity index (χ2v) is 10.4. The van der Waals surface area contributed by atoms with E-state index in [0.717, 1.165) is 6.07 Å². The van der Waals surface area contributed by atoms with E-state index in [1.165, 1.54) is 60.7 Å². The molecular weight excluding hydrogens is 639 g/mol. The van der Waals surface area contributed by atoms with E-state index in [1.54, 1.807) is 0 Å². The molecule has 0 fully saturated rings. The zero-order valence-corrected chi connectivity index (χ0v) is 23.6. The minimum atomic E-state index is -2.47. The van der Waals surface area contributed by atoms with E-state index in [-0.39, 0.29) is 44.5 Å². The van der Waals surface area contributed by atoms with Gasteiger partial charge in [-0.3, -0.25) is 19.2 Å². The Hall–Kier alpha value is -6.93. The monoisotopic (exact) mass is 650 g/mol. The SMILES string of the molecule is [C-]#[N+]c1ccc(N2C(=O)c3ccc4c5c(cc(Oc6c(F)c(F)c(F)c(F)c6F)c(c35)C2=O)C(=O)N(c2ccc(C#N)cc2)C4=O)cc1. The maximum atomic E-state index is 14.9. The zero-order valence-electron chi connectivity index (χ0n) is 23.6. The van der Waals surface area contributed by atoms with Gasteiger partial charge >= 0.3 is 0 Å². The zero-order chi connectivity index (χ0) is 34.2. The molecule has 0 saturated heterocycles. The van der Waals surface area contributed by atoms with Gasteiger partial charge in [0.05, 0.1) is 35.0 Å². The average Bonchev–Trinajstić information content (AvgIpc) is 3.10. The van der Waals surface area contributed by atoms with Crippen LogP contribution in [0.4, 0.5) is 39.0 Å². The number of carbonyl (C=O) groups excluding carboxylic acids is 4. The van der Waals surface area contributed by atoms with Crippen LogP contribution >= 0.6 is 0 Å². The number of hydrogen-bond acceptors (Lipinski definition) is 6. The van der Waals surface area contributed by atoms with Crippen LogP contribution in [0.2, 0.25) is 0 Å². The molecule has 5 aromatic rings. The van der Waals surface area contributed by atoms with Gasteiger partial charge in [-0.1, -0.05) is 12.1 Å². The van der Waals surface area contributed by atoms with Gasteiger partial charge < -0.3 is 4.74 Å². The normalized spacial score (nSPS) is 13.6. The predicted octanol–water partition coefficient (Wildman–Crippen LogP) is 7.35. The minimum Gasteiger partial charge on any atom is -0.450 e. The second kappa shape index (κ2) is 10.6. The maximum Gasteiger partial charge on any atom is 0.269 e. The number of carbonyl (C=O) groups is 4. The summed E-state index contributed by atoms with van der Waals surface area (Å²) in [5, 5.41) is 8.61. The fourth-order valence-corrected chi connectivity index (χ4v) is 5.63. The smallest absolute Gasteiger partial charge is 0.269 e. The standard InChI is InChI=1S/C34H11F5N4O5/c1-41-15-4-8-17(9-5-15)43-32(45)19-11-10-18-22-20(33(46)42(31(18)44)16-6-2-14(13-40)3-7-16)12-21(24(23(19)22)34(43)47)48-30-28(38)26(36)25(35)27(37)29(30)39/h2-12H. The minimum absolute atomic E-state index is 0.00599. The molecule has 0 aromatic heterocycles. The molecule has 7 rings (SSSR count). The van der Waals surface area contributed by atoms with Gasteiger partial charge in [-0.15, -0.1) is 0 Å². The van der Waals surface area contributed by atoms with Gasteiger partial charge in [0.15, 0.2) is 5.69 Å². The Morgan fingerprint density at radius 3 is 1.65 bits per heavy atom. The molecule has 0 unspecified atom stereocenters. The predicted molar refractivity (Wildman–Crippen MR) is 156 cm³/mol. The lowest BCUT2D eigenvalue weighted by molar-refractivity contribution is 0.0871. The summed E-state index contributed by atoms with van der Waals surface area (Å²) in [6, 6.07) is 15.5. The Morgan fingerprint density at radius 1 is 0.625 bits per heavy atom. The van der Waals surface area contributed by atoms with Crippen molar-refractivity contribution in [1.82, 2.24) is 0 Å².